The fourth-order valence-corrected chi connectivity index (χ4v) is 5.33. The molecule has 0 radical (unpaired) electrons. The van der Waals surface area contributed by atoms with Gasteiger partial charge in [-0.2, -0.15) is 0 Å². The highest BCUT2D eigenvalue weighted by atomic mass is 32.1. The number of fused-ring (bicyclic) bond motifs is 1. The van der Waals surface area contributed by atoms with Gasteiger partial charge in [-0.15, -0.1) is 11.3 Å². The lowest BCUT2D eigenvalue weighted by molar-refractivity contribution is 0.0714. The van der Waals surface area contributed by atoms with Crippen LogP contribution in [0.5, 0.6) is 5.75 Å². The predicted octanol–water partition coefficient (Wildman–Crippen LogP) is 4.68. The molecule has 32 heavy (non-hydrogen) atoms. The average Bonchev–Trinajstić information content (AvgIpc) is 3.34. The number of nitrogens with zero attached hydrogens (tertiary/aromatic N) is 2. The van der Waals surface area contributed by atoms with Gasteiger partial charge < -0.3 is 14.6 Å². The topological polar surface area (TPSA) is 75.3 Å². The van der Waals surface area contributed by atoms with Crippen molar-refractivity contribution in [1.29, 1.82) is 0 Å². The first-order valence-corrected chi connectivity index (χ1v) is 11.5. The van der Waals surface area contributed by atoms with E-state index in [2.05, 4.69) is 10.4 Å². The summed E-state index contributed by atoms with van der Waals surface area (Å²) in [7, 11) is 1.67. The van der Waals surface area contributed by atoms with Crippen molar-refractivity contribution in [3.8, 4) is 17.0 Å². The molecule has 2 aromatic carbocycles. The van der Waals surface area contributed by atoms with Crippen LogP contribution in [-0.4, -0.2) is 41.0 Å². The number of thiazole rings is 1. The Kier molecular flexibility index (Phi) is 5.49. The third-order valence-electron chi connectivity index (χ3n) is 6.08. The molecule has 1 N–H and O–H groups in total. The largest absolute Gasteiger partial charge is 0.496 e. The molecule has 3 heterocycles. The molecule has 0 bridgehead atoms. The molecular formula is C25H23N3O3S. The second kappa shape index (κ2) is 8.59. The lowest BCUT2D eigenvalue weighted by Gasteiger charge is -2.31. The van der Waals surface area contributed by atoms with Crippen LogP contribution in [0.25, 0.3) is 22.0 Å². The molecule has 6 nitrogen and oxygen atoms in total. The highest BCUT2D eigenvalue weighted by Crippen LogP contribution is 2.36. The molecule has 0 unspecified atom stereocenters. The van der Waals surface area contributed by atoms with Gasteiger partial charge in [-0.3, -0.25) is 9.59 Å². The number of methoxy groups -OCH3 is 1. The number of ether oxygens (including phenoxy) is 1. The predicted molar refractivity (Wildman–Crippen MR) is 127 cm³/mol. The van der Waals surface area contributed by atoms with E-state index in [9.17, 15) is 9.59 Å². The Morgan fingerprint density at radius 2 is 1.81 bits per heavy atom. The Morgan fingerprint density at radius 3 is 2.59 bits per heavy atom. The number of hydrogen-bond acceptors (Lipinski definition) is 5. The summed E-state index contributed by atoms with van der Waals surface area (Å²) in [6.07, 6.45) is 3.28. The summed E-state index contributed by atoms with van der Waals surface area (Å²) in [4.78, 5) is 34.8. The molecule has 162 valence electrons. The van der Waals surface area contributed by atoms with Crippen molar-refractivity contribution in [3.05, 3.63) is 81.0 Å². The molecule has 1 aliphatic rings. The molecule has 0 spiro atoms. The number of pyridine rings is 1. The van der Waals surface area contributed by atoms with Crippen LogP contribution in [0, 0.1) is 0 Å². The van der Waals surface area contributed by atoms with Gasteiger partial charge in [0.15, 0.2) is 0 Å². The van der Waals surface area contributed by atoms with Gasteiger partial charge in [-0.1, -0.05) is 30.3 Å². The van der Waals surface area contributed by atoms with E-state index in [4.69, 9.17) is 9.72 Å². The van der Waals surface area contributed by atoms with E-state index >= 15 is 0 Å². The summed E-state index contributed by atoms with van der Waals surface area (Å²) >= 11 is 1.67. The number of rotatable bonds is 4. The number of aromatic amines is 1. The number of benzene rings is 2. The first-order chi connectivity index (χ1) is 15.7. The Bertz CT molecular complexity index is 1340. The van der Waals surface area contributed by atoms with Gasteiger partial charge in [0.05, 0.1) is 23.4 Å². The summed E-state index contributed by atoms with van der Waals surface area (Å²) in [5.74, 6) is 1.11. The van der Waals surface area contributed by atoms with Gasteiger partial charge in [0.1, 0.15) is 5.75 Å². The molecule has 1 saturated heterocycles. The number of aromatic nitrogens is 2. The summed E-state index contributed by atoms with van der Waals surface area (Å²) < 4.78 is 5.47. The normalized spacial score (nSPS) is 14.6. The number of piperidine rings is 1. The Balaban J connectivity index is 1.31. The zero-order chi connectivity index (χ0) is 22.1. The number of carbonyl (C=O) groups excluding carboxylic acids is 1. The van der Waals surface area contributed by atoms with Crippen LogP contribution in [0.15, 0.2) is 64.9 Å². The maximum absolute atomic E-state index is 13.2. The highest BCUT2D eigenvalue weighted by Gasteiger charge is 2.27. The van der Waals surface area contributed by atoms with Crippen LogP contribution in [0.2, 0.25) is 0 Å². The SMILES string of the molecule is COc1ccccc1-c1csc(C2CCN(C(=O)c3c[nH]c(=O)c4ccccc34)CC2)n1. The average molecular weight is 446 g/mol. The van der Waals surface area contributed by atoms with Crippen molar-refractivity contribution in [3.63, 3.8) is 0 Å². The summed E-state index contributed by atoms with van der Waals surface area (Å²) in [6, 6.07) is 15.2. The molecule has 1 amide bonds. The second-order valence-corrected chi connectivity index (χ2v) is 8.80. The van der Waals surface area contributed by atoms with Crippen LogP contribution < -0.4 is 10.3 Å². The zero-order valence-electron chi connectivity index (χ0n) is 17.7. The first-order valence-electron chi connectivity index (χ1n) is 10.6. The molecule has 0 aliphatic carbocycles. The summed E-state index contributed by atoms with van der Waals surface area (Å²) in [6.45, 7) is 1.33. The quantitative estimate of drug-likeness (QED) is 0.495. The first kappa shape index (κ1) is 20.5. The minimum atomic E-state index is -0.175. The standard InChI is InChI=1S/C25H23N3O3S/c1-31-22-9-5-4-8-19(22)21-15-32-24(27-21)16-10-12-28(13-11-16)25(30)20-14-26-23(29)18-7-3-2-6-17(18)20/h2-9,14-16H,10-13H2,1H3,(H,26,29). The molecular weight excluding hydrogens is 422 g/mol. The van der Waals surface area contributed by atoms with Crippen molar-refractivity contribution in [2.75, 3.05) is 20.2 Å². The Morgan fingerprint density at radius 1 is 1.09 bits per heavy atom. The van der Waals surface area contributed by atoms with E-state index in [1.807, 2.05) is 47.4 Å². The van der Waals surface area contributed by atoms with Crippen molar-refractivity contribution in [2.24, 2.45) is 0 Å². The van der Waals surface area contributed by atoms with E-state index < -0.39 is 0 Å². The monoisotopic (exact) mass is 445 g/mol. The van der Waals surface area contributed by atoms with E-state index in [0.717, 1.165) is 34.9 Å². The number of likely N-dealkylation sites (tertiary alicyclic amines) is 1. The van der Waals surface area contributed by atoms with Crippen molar-refractivity contribution in [1.82, 2.24) is 14.9 Å². The molecule has 1 fully saturated rings. The van der Waals surface area contributed by atoms with E-state index in [1.54, 1.807) is 30.7 Å². The summed E-state index contributed by atoms with van der Waals surface area (Å²) in [5, 5.41) is 4.43. The molecule has 0 atom stereocenters. The van der Waals surface area contributed by atoms with Crippen LogP contribution in [0.1, 0.15) is 34.1 Å². The number of para-hydroxylation sites is 1. The Hall–Kier alpha value is -3.45. The fraction of sp³-hybridized carbons (Fsp3) is 0.240. The molecule has 5 rings (SSSR count). The number of amides is 1. The maximum atomic E-state index is 13.2. The zero-order valence-corrected chi connectivity index (χ0v) is 18.5. The van der Waals surface area contributed by atoms with Gasteiger partial charge in [0.2, 0.25) is 0 Å². The molecule has 1 aliphatic heterocycles. The van der Waals surface area contributed by atoms with Gasteiger partial charge in [0.25, 0.3) is 11.5 Å². The maximum Gasteiger partial charge on any atom is 0.255 e. The van der Waals surface area contributed by atoms with Crippen LogP contribution in [0.4, 0.5) is 0 Å². The highest BCUT2D eigenvalue weighted by molar-refractivity contribution is 7.10. The molecule has 4 aromatic rings. The number of hydrogen-bond donors (Lipinski definition) is 1. The molecule has 2 aromatic heterocycles. The van der Waals surface area contributed by atoms with Gasteiger partial charge in [-0.25, -0.2) is 4.98 Å². The van der Waals surface area contributed by atoms with Gasteiger partial charge >= 0.3 is 0 Å². The minimum absolute atomic E-state index is 0.0373. The van der Waals surface area contributed by atoms with Gasteiger partial charge in [-0.05, 0) is 31.0 Å². The van der Waals surface area contributed by atoms with Crippen LogP contribution in [-0.2, 0) is 0 Å². The minimum Gasteiger partial charge on any atom is -0.496 e. The van der Waals surface area contributed by atoms with E-state index in [1.165, 1.54) is 0 Å². The van der Waals surface area contributed by atoms with E-state index in [0.29, 0.717) is 35.3 Å². The van der Waals surface area contributed by atoms with Gasteiger partial charge in [0, 0.05) is 46.9 Å². The molecule has 7 heteroatoms. The number of H-pyrrole nitrogens is 1. The number of carbonyl (C=O) groups is 1. The summed E-state index contributed by atoms with van der Waals surface area (Å²) in [5.41, 5.74) is 2.30. The smallest absolute Gasteiger partial charge is 0.255 e. The number of nitrogens with one attached hydrogen (secondary N) is 1. The van der Waals surface area contributed by atoms with Crippen molar-refractivity contribution < 1.29 is 9.53 Å². The second-order valence-electron chi connectivity index (χ2n) is 7.91. The Labute approximate surface area is 189 Å². The third kappa shape index (κ3) is 3.69. The molecule has 0 saturated carbocycles. The fourth-order valence-electron chi connectivity index (χ4n) is 4.34. The van der Waals surface area contributed by atoms with E-state index in [-0.39, 0.29) is 11.5 Å². The van der Waals surface area contributed by atoms with Crippen LogP contribution in [0.3, 0.4) is 0 Å². The van der Waals surface area contributed by atoms with Crippen LogP contribution >= 0.6 is 11.3 Å². The lowest BCUT2D eigenvalue weighted by Crippen LogP contribution is -2.38. The van der Waals surface area contributed by atoms with Crippen molar-refractivity contribution >= 4 is 28.0 Å². The lowest BCUT2D eigenvalue weighted by atomic mass is 9.96. The van der Waals surface area contributed by atoms with Crippen molar-refractivity contribution in [2.45, 2.75) is 18.8 Å². The third-order valence-corrected chi connectivity index (χ3v) is 7.08.